The number of halogens is 6. The summed E-state index contributed by atoms with van der Waals surface area (Å²) in [6, 6.07) is 2.77. The Bertz CT molecular complexity index is 742. The number of anilines is 1. The van der Waals surface area contributed by atoms with Crippen LogP contribution in [0.5, 0.6) is 0 Å². The van der Waals surface area contributed by atoms with Gasteiger partial charge in [-0.15, -0.1) is 12.4 Å². The van der Waals surface area contributed by atoms with Gasteiger partial charge in [0, 0.05) is 38.1 Å². The van der Waals surface area contributed by atoms with Crippen molar-refractivity contribution in [2.75, 3.05) is 18.0 Å². The average Bonchev–Trinajstić information content (AvgIpc) is 3.02. The molecular formula is C16H16BrClF4N4. The highest BCUT2D eigenvalue weighted by atomic mass is 79.9. The van der Waals surface area contributed by atoms with Crippen molar-refractivity contribution in [1.29, 1.82) is 0 Å². The van der Waals surface area contributed by atoms with Crippen LogP contribution < -0.4 is 10.2 Å². The SMILES string of the molecule is Cl.Fc1ccc(CN[C@H]2CCN(c3ncc(Br)cn3)C2)c(C(F)(F)F)c1. The lowest BCUT2D eigenvalue weighted by Crippen LogP contribution is -2.33. The van der Waals surface area contributed by atoms with Crippen molar-refractivity contribution in [2.45, 2.75) is 25.2 Å². The van der Waals surface area contributed by atoms with E-state index in [1.165, 1.54) is 6.07 Å². The van der Waals surface area contributed by atoms with Gasteiger partial charge >= 0.3 is 6.18 Å². The van der Waals surface area contributed by atoms with Crippen LogP contribution in [0.4, 0.5) is 23.5 Å². The lowest BCUT2D eigenvalue weighted by atomic mass is 10.1. The van der Waals surface area contributed by atoms with Crippen LogP contribution in [0.15, 0.2) is 35.1 Å². The Morgan fingerprint density at radius 2 is 1.92 bits per heavy atom. The second-order valence-electron chi connectivity index (χ2n) is 5.81. The fraction of sp³-hybridized carbons (Fsp3) is 0.375. The highest BCUT2D eigenvalue weighted by molar-refractivity contribution is 9.10. The van der Waals surface area contributed by atoms with E-state index < -0.39 is 17.6 Å². The minimum atomic E-state index is -4.58. The van der Waals surface area contributed by atoms with E-state index in [1.54, 1.807) is 12.4 Å². The quantitative estimate of drug-likeness (QED) is 0.702. The molecule has 1 saturated heterocycles. The van der Waals surface area contributed by atoms with E-state index in [2.05, 4.69) is 31.2 Å². The van der Waals surface area contributed by atoms with E-state index in [0.717, 1.165) is 23.5 Å². The molecule has 1 N–H and O–H groups in total. The number of hydrogen-bond acceptors (Lipinski definition) is 4. The van der Waals surface area contributed by atoms with Crippen LogP contribution in [0, 0.1) is 5.82 Å². The lowest BCUT2D eigenvalue weighted by molar-refractivity contribution is -0.138. The summed E-state index contributed by atoms with van der Waals surface area (Å²) in [5.41, 5.74) is -0.904. The zero-order chi connectivity index (χ0) is 18.0. The summed E-state index contributed by atoms with van der Waals surface area (Å²) < 4.78 is 53.0. The second kappa shape index (κ2) is 8.49. The first-order chi connectivity index (χ1) is 11.8. The Balaban J connectivity index is 0.00000243. The van der Waals surface area contributed by atoms with Crippen LogP contribution in [0.1, 0.15) is 17.5 Å². The first-order valence-electron chi connectivity index (χ1n) is 7.64. The van der Waals surface area contributed by atoms with E-state index in [-0.39, 0.29) is 30.6 Å². The second-order valence-corrected chi connectivity index (χ2v) is 6.73. The number of benzene rings is 1. The summed E-state index contributed by atoms with van der Waals surface area (Å²) in [6.07, 6.45) is -0.511. The van der Waals surface area contributed by atoms with Crippen LogP contribution in [-0.4, -0.2) is 29.1 Å². The Morgan fingerprint density at radius 1 is 1.23 bits per heavy atom. The molecule has 1 atom stereocenters. The fourth-order valence-electron chi connectivity index (χ4n) is 2.80. The molecule has 0 amide bonds. The molecule has 0 saturated carbocycles. The number of hydrogen-bond donors (Lipinski definition) is 1. The molecule has 10 heteroatoms. The van der Waals surface area contributed by atoms with Crippen molar-refractivity contribution in [3.63, 3.8) is 0 Å². The van der Waals surface area contributed by atoms with Crippen molar-refractivity contribution >= 4 is 34.3 Å². The molecule has 0 bridgehead atoms. The van der Waals surface area contributed by atoms with Gasteiger partial charge in [-0.2, -0.15) is 13.2 Å². The molecule has 26 heavy (non-hydrogen) atoms. The van der Waals surface area contributed by atoms with Gasteiger partial charge in [0.1, 0.15) is 5.82 Å². The maximum absolute atomic E-state index is 13.1. The number of aromatic nitrogens is 2. The predicted octanol–water partition coefficient (Wildman–Crippen LogP) is 4.19. The van der Waals surface area contributed by atoms with Gasteiger partial charge in [-0.3, -0.25) is 0 Å². The molecule has 0 unspecified atom stereocenters. The zero-order valence-electron chi connectivity index (χ0n) is 13.4. The first-order valence-corrected chi connectivity index (χ1v) is 8.44. The summed E-state index contributed by atoms with van der Waals surface area (Å²) in [7, 11) is 0. The monoisotopic (exact) mass is 454 g/mol. The van der Waals surface area contributed by atoms with E-state index in [9.17, 15) is 17.6 Å². The van der Waals surface area contributed by atoms with Gasteiger partial charge in [-0.05, 0) is 40.0 Å². The standard InChI is InChI=1S/C16H15BrF4N4.ClH/c17-11-7-23-15(24-8-11)25-4-3-13(9-25)22-6-10-1-2-12(18)5-14(10)16(19,20)21;/h1-2,5,7-8,13,22H,3-4,6,9H2;1H/t13-;/m0./s1. The molecule has 0 aliphatic carbocycles. The highest BCUT2D eigenvalue weighted by Crippen LogP contribution is 2.32. The average molecular weight is 456 g/mol. The van der Waals surface area contributed by atoms with E-state index in [4.69, 9.17) is 0 Å². The van der Waals surface area contributed by atoms with Crippen LogP contribution in [0.2, 0.25) is 0 Å². The molecule has 4 nitrogen and oxygen atoms in total. The van der Waals surface area contributed by atoms with E-state index in [0.29, 0.717) is 18.6 Å². The molecule has 2 heterocycles. The minimum absolute atomic E-state index is 0. The Hall–Kier alpha value is -1.45. The third kappa shape index (κ3) is 5.05. The molecule has 1 aromatic carbocycles. The Kier molecular flexibility index (Phi) is 6.81. The van der Waals surface area contributed by atoms with Crippen LogP contribution >= 0.6 is 28.3 Å². The first kappa shape index (κ1) is 20.9. The number of alkyl halides is 3. The van der Waals surface area contributed by atoms with Gasteiger partial charge in [0.25, 0.3) is 0 Å². The van der Waals surface area contributed by atoms with Crippen molar-refractivity contribution in [2.24, 2.45) is 0 Å². The highest BCUT2D eigenvalue weighted by Gasteiger charge is 2.34. The van der Waals surface area contributed by atoms with Crippen LogP contribution in [-0.2, 0) is 12.7 Å². The van der Waals surface area contributed by atoms with E-state index in [1.807, 2.05) is 4.90 Å². The molecule has 1 aliphatic rings. The summed E-state index contributed by atoms with van der Waals surface area (Å²) in [5, 5.41) is 3.11. The fourth-order valence-corrected chi connectivity index (χ4v) is 3.00. The lowest BCUT2D eigenvalue weighted by Gasteiger charge is -2.18. The Labute approximate surface area is 162 Å². The zero-order valence-corrected chi connectivity index (χ0v) is 15.8. The van der Waals surface area contributed by atoms with E-state index >= 15 is 0 Å². The molecule has 1 aromatic heterocycles. The largest absolute Gasteiger partial charge is 0.416 e. The summed E-state index contributed by atoms with van der Waals surface area (Å²) in [5.74, 6) is -0.305. The van der Waals surface area contributed by atoms with Gasteiger partial charge in [0.15, 0.2) is 0 Å². The number of rotatable bonds is 4. The van der Waals surface area contributed by atoms with Gasteiger partial charge < -0.3 is 10.2 Å². The third-order valence-corrected chi connectivity index (χ3v) is 4.45. The Morgan fingerprint density at radius 3 is 2.58 bits per heavy atom. The topological polar surface area (TPSA) is 41.0 Å². The number of nitrogens with one attached hydrogen (secondary N) is 1. The molecule has 0 radical (unpaired) electrons. The molecule has 1 aliphatic heterocycles. The molecule has 1 fully saturated rings. The van der Waals surface area contributed by atoms with Gasteiger partial charge in [-0.1, -0.05) is 6.07 Å². The summed E-state index contributed by atoms with van der Waals surface area (Å²) in [4.78, 5) is 10.4. The molecule has 0 spiro atoms. The van der Waals surface area contributed by atoms with Gasteiger partial charge in [0.05, 0.1) is 10.0 Å². The van der Waals surface area contributed by atoms with Crippen LogP contribution in [0.3, 0.4) is 0 Å². The smallest absolute Gasteiger partial charge is 0.339 e. The van der Waals surface area contributed by atoms with Crippen LogP contribution in [0.25, 0.3) is 0 Å². The third-order valence-electron chi connectivity index (χ3n) is 4.04. The minimum Gasteiger partial charge on any atom is -0.339 e. The maximum atomic E-state index is 13.1. The van der Waals surface area contributed by atoms with Gasteiger partial charge in [-0.25, -0.2) is 14.4 Å². The van der Waals surface area contributed by atoms with Crippen molar-refractivity contribution in [3.8, 4) is 0 Å². The molecule has 2 aromatic rings. The van der Waals surface area contributed by atoms with Crippen molar-refractivity contribution in [1.82, 2.24) is 15.3 Å². The molecule has 142 valence electrons. The summed E-state index contributed by atoms with van der Waals surface area (Å²) >= 11 is 3.27. The molecule has 3 rings (SSSR count). The van der Waals surface area contributed by atoms with Crippen molar-refractivity contribution < 1.29 is 17.6 Å². The van der Waals surface area contributed by atoms with Crippen molar-refractivity contribution in [3.05, 3.63) is 52.0 Å². The number of nitrogens with zero attached hydrogens (tertiary/aromatic N) is 3. The molecular weight excluding hydrogens is 440 g/mol. The normalized spacial score (nSPS) is 17.3. The predicted molar refractivity (Wildman–Crippen MR) is 95.8 cm³/mol. The summed E-state index contributed by atoms with van der Waals surface area (Å²) in [6.45, 7) is 1.34. The maximum Gasteiger partial charge on any atom is 0.416 e. The van der Waals surface area contributed by atoms with Gasteiger partial charge in [0.2, 0.25) is 5.95 Å².